The van der Waals surface area contributed by atoms with Crippen LogP contribution in [0.3, 0.4) is 0 Å². The number of hydrogen-bond donors (Lipinski definition) is 0. The summed E-state index contributed by atoms with van der Waals surface area (Å²) in [6, 6.07) is 36.2. The molecule has 1 aliphatic rings. The van der Waals surface area contributed by atoms with Crippen molar-refractivity contribution >= 4 is 17.5 Å². The zero-order valence-electron chi connectivity index (χ0n) is 28.5. The van der Waals surface area contributed by atoms with Crippen molar-refractivity contribution in [2.45, 2.75) is 13.3 Å². The van der Waals surface area contributed by atoms with Crippen LogP contribution in [0.2, 0.25) is 0 Å². The number of benzene rings is 5. The molecule has 244 valence electrons. The molecule has 5 aromatic rings. The fourth-order valence-electron chi connectivity index (χ4n) is 6.32. The van der Waals surface area contributed by atoms with E-state index in [-0.39, 0.29) is 0 Å². The first kappa shape index (κ1) is 32.5. The van der Waals surface area contributed by atoms with Gasteiger partial charge in [-0.1, -0.05) is 72.8 Å². The number of hydrogen-bond acceptors (Lipinski definition) is 6. The van der Waals surface area contributed by atoms with Crippen LogP contribution >= 0.6 is 0 Å². The van der Waals surface area contributed by atoms with Crippen molar-refractivity contribution in [3.63, 3.8) is 0 Å². The molecular formula is C42H42N2O4. The Labute approximate surface area is 283 Å². The van der Waals surface area contributed by atoms with Gasteiger partial charge in [-0.05, 0) is 99.8 Å². The van der Waals surface area contributed by atoms with Crippen LogP contribution in [0, 0.1) is 6.92 Å². The molecule has 0 saturated heterocycles. The average molecular weight is 639 g/mol. The lowest BCUT2D eigenvalue weighted by atomic mass is 9.89. The summed E-state index contributed by atoms with van der Waals surface area (Å²) in [6.45, 7) is 3.66. The van der Waals surface area contributed by atoms with Gasteiger partial charge < -0.3 is 23.8 Å². The van der Waals surface area contributed by atoms with Crippen molar-refractivity contribution in [3.05, 3.63) is 131 Å². The maximum atomic E-state index is 5.87. The summed E-state index contributed by atoms with van der Waals surface area (Å²) in [4.78, 5) is 7.21. The van der Waals surface area contributed by atoms with E-state index in [9.17, 15) is 0 Å². The number of ether oxygens (including phenoxy) is 4. The van der Waals surface area contributed by atoms with Crippen molar-refractivity contribution in [3.8, 4) is 45.3 Å². The predicted octanol–water partition coefficient (Wildman–Crippen LogP) is 8.84. The lowest BCUT2D eigenvalue weighted by molar-refractivity contribution is 0.354. The van der Waals surface area contributed by atoms with Crippen molar-refractivity contribution in [1.29, 1.82) is 0 Å². The summed E-state index contributed by atoms with van der Waals surface area (Å²) < 4.78 is 23.0. The van der Waals surface area contributed by atoms with Gasteiger partial charge in [-0.3, -0.25) is 4.99 Å². The Hall–Kier alpha value is -5.49. The quantitative estimate of drug-likeness (QED) is 0.135. The Balaban J connectivity index is 1.56. The highest BCUT2D eigenvalue weighted by Crippen LogP contribution is 2.39. The molecule has 48 heavy (non-hydrogen) atoms. The monoisotopic (exact) mass is 638 g/mol. The largest absolute Gasteiger partial charge is 0.493 e. The molecule has 0 atom stereocenters. The van der Waals surface area contributed by atoms with E-state index in [4.69, 9.17) is 23.9 Å². The van der Waals surface area contributed by atoms with E-state index in [1.54, 1.807) is 28.4 Å². The second-order valence-corrected chi connectivity index (χ2v) is 11.9. The highest BCUT2D eigenvalue weighted by molar-refractivity contribution is 6.27. The standard InChI is InChI=1S/C42H42N2O4/c1-28-19-38(45-3)39(46-4)25-32(28)24-37(42-43-17-18-44(42)2)36-27-41(48-6)40(47-5)26-35(36)22-29-20-33(30-13-9-7-10-14-30)23-34(21-29)31-15-11-8-12-16-31/h7-16,19-21,23-27H,17-18,22H2,1-6H3/b37-24-. The predicted molar refractivity (Wildman–Crippen MR) is 197 cm³/mol. The first-order valence-electron chi connectivity index (χ1n) is 16.1. The number of rotatable bonds is 11. The molecule has 0 aliphatic carbocycles. The van der Waals surface area contributed by atoms with Gasteiger partial charge in [0.15, 0.2) is 23.0 Å². The van der Waals surface area contributed by atoms with Gasteiger partial charge in [-0.25, -0.2) is 0 Å². The first-order valence-corrected chi connectivity index (χ1v) is 16.1. The minimum Gasteiger partial charge on any atom is -0.493 e. The first-order chi connectivity index (χ1) is 23.4. The number of nitrogens with zero attached hydrogens (tertiary/aromatic N) is 2. The number of aliphatic imine (C=N–C) groups is 1. The molecule has 5 aromatic carbocycles. The number of aryl methyl sites for hydroxylation is 1. The van der Waals surface area contributed by atoms with E-state index < -0.39 is 0 Å². The van der Waals surface area contributed by atoms with Crippen LogP contribution < -0.4 is 18.9 Å². The van der Waals surface area contributed by atoms with E-state index in [0.717, 1.165) is 46.8 Å². The topological polar surface area (TPSA) is 52.5 Å². The van der Waals surface area contributed by atoms with Crippen LogP contribution in [0.5, 0.6) is 23.0 Å². The molecule has 0 spiro atoms. The van der Waals surface area contributed by atoms with Crippen LogP contribution in [0.15, 0.2) is 108 Å². The van der Waals surface area contributed by atoms with Crippen LogP contribution in [-0.4, -0.2) is 59.3 Å². The molecule has 1 aliphatic heterocycles. The average Bonchev–Trinajstić information content (AvgIpc) is 3.56. The van der Waals surface area contributed by atoms with Crippen molar-refractivity contribution in [1.82, 2.24) is 4.90 Å². The fraction of sp³-hybridized carbons (Fsp3) is 0.214. The Morgan fingerprint density at radius 2 is 1.21 bits per heavy atom. The zero-order chi connectivity index (χ0) is 33.6. The third-order valence-corrected chi connectivity index (χ3v) is 8.87. The van der Waals surface area contributed by atoms with Gasteiger partial charge in [0.2, 0.25) is 0 Å². The Kier molecular flexibility index (Phi) is 9.81. The highest BCUT2D eigenvalue weighted by Gasteiger charge is 2.24. The van der Waals surface area contributed by atoms with Gasteiger partial charge in [-0.2, -0.15) is 0 Å². The van der Waals surface area contributed by atoms with Crippen LogP contribution in [0.1, 0.15) is 27.8 Å². The Morgan fingerprint density at radius 3 is 1.75 bits per heavy atom. The SMILES string of the molecule is COc1cc(C)c(/C=C(\C2=NCCN2C)c2cc(OC)c(OC)cc2Cc2cc(-c3ccccc3)cc(-c3ccccc3)c2)cc1OC. The second kappa shape index (κ2) is 14.5. The summed E-state index contributed by atoms with van der Waals surface area (Å²) in [7, 11) is 8.78. The summed E-state index contributed by atoms with van der Waals surface area (Å²) >= 11 is 0. The summed E-state index contributed by atoms with van der Waals surface area (Å²) in [5.74, 6) is 3.65. The second-order valence-electron chi connectivity index (χ2n) is 11.9. The molecule has 0 amide bonds. The molecule has 6 heteroatoms. The lowest BCUT2D eigenvalue weighted by Crippen LogP contribution is -2.24. The molecule has 6 rings (SSSR count). The number of amidine groups is 1. The fourth-order valence-corrected chi connectivity index (χ4v) is 6.32. The molecule has 0 aromatic heterocycles. The smallest absolute Gasteiger partial charge is 0.161 e. The van der Waals surface area contributed by atoms with Crippen molar-refractivity contribution in [2.24, 2.45) is 4.99 Å². The maximum absolute atomic E-state index is 5.87. The molecule has 0 radical (unpaired) electrons. The third-order valence-electron chi connectivity index (χ3n) is 8.87. The van der Waals surface area contributed by atoms with E-state index in [1.807, 2.05) is 12.1 Å². The van der Waals surface area contributed by atoms with Gasteiger partial charge >= 0.3 is 0 Å². The van der Waals surface area contributed by atoms with Gasteiger partial charge in [-0.15, -0.1) is 0 Å². The normalized spacial score (nSPS) is 12.9. The lowest BCUT2D eigenvalue weighted by Gasteiger charge is -2.22. The molecule has 0 N–H and O–H groups in total. The Morgan fingerprint density at radius 1 is 0.667 bits per heavy atom. The van der Waals surface area contributed by atoms with E-state index in [2.05, 4.69) is 116 Å². The molecule has 1 heterocycles. The van der Waals surface area contributed by atoms with E-state index in [1.165, 1.54) is 27.8 Å². The van der Waals surface area contributed by atoms with Gasteiger partial charge in [0.25, 0.3) is 0 Å². The zero-order valence-corrected chi connectivity index (χ0v) is 28.5. The van der Waals surface area contributed by atoms with Crippen LogP contribution in [0.25, 0.3) is 33.9 Å². The van der Waals surface area contributed by atoms with Gasteiger partial charge in [0.1, 0.15) is 5.84 Å². The molecule has 0 bridgehead atoms. The van der Waals surface area contributed by atoms with Crippen LogP contribution in [-0.2, 0) is 6.42 Å². The van der Waals surface area contributed by atoms with E-state index in [0.29, 0.717) is 29.4 Å². The number of likely N-dealkylation sites (N-methyl/N-ethyl adjacent to an activating group) is 1. The number of methoxy groups -OCH3 is 4. The molecular weight excluding hydrogens is 596 g/mol. The minimum absolute atomic E-state index is 0.662. The molecule has 0 saturated carbocycles. The Bertz CT molecular complexity index is 1910. The summed E-state index contributed by atoms with van der Waals surface area (Å²) in [5.41, 5.74) is 11.1. The molecule has 6 nitrogen and oxygen atoms in total. The van der Waals surface area contributed by atoms with Gasteiger partial charge in [0.05, 0.1) is 35.0 Å². The molecule has 0 fully saturated rings. The highest BCUT2D eigenvalue weighted by atomic mass is 16.5. The van der Waals surface area contributed by atoms with E-state index >= 15 is 0 Å². The van der Waals surface area contributed by atoms with Crippen molar-refractivity contribution in [2.75, 3.05) is 48.6 Å². The molecule has 0 unspecified atom stereocenters. The van der Waals surface area contributed by atoms with Gasteiger partial charge in [0, 0.05) is 19.2 Å². The summed E-state index contributed by atoms with van der Waals surface area (Å²) in [6.07, 6.45) is 2.87. The third kappa shape index (κ3) is 6.79. The summed E-state index contributed by atoms with van der Waals surface area (Å²) in [5, 5.41) is 0. The van der Waals surface area contributed by atoms with Crippen LogP contribution in [0.4, 0.5) is 0 Å². The maximum Gasteiger partial charge on any atom is 0.161 e. The minimum atomic E-state index is 0.662. The van der Waals surface area contributed by atoms with Crippen molar-refractivity contribution < 1.29 is 18.9 Å².